The van der Waals surface area contributed by atoms with Crippen LogP contribution in [-0.2, 0) is 15.8 Å². The van der Waals surface area contributed by atoms with E-state index in [1.165, 1.54) is 0 Å². The van der Waals surface area contributed by atoms with Crippen molar-refractivity contribution in [2.24, 2.45) is 5.92 Å². The first-order valence-corrected chi connectivity index (χ1v) is 5.55. The Morgan fingerprint density at radius 1 is 1.32 bits per heavy atom. The van der Waals surface area contributed by atoms with Crippen LogP contribution in [0.5, 0.6) is 0 Å². The van der Waals surface area contributed by atoms with Crippen molar-refractivity contribution in [2.75, 3.05) is 10.6 Å². The minimum Gasteiger partial charge on any atom is -0.397 e. The molecule has 0 aromatic heterocycles. The summed E-state index contributed by atoms with van der Waals surface area (Å²) in [7, 11) is 0. The Labute approximate surface area is 107 Å². The molecule has 0 radical (unpaired) electrons. The maximum atomic E-state index is 12.5. The minimum absolute atomic E-state index is 0.00681. The van der Waals surface area contributed by atoms with E-state index in [0.717, 1.165) is 23.1 Å². The average Bonchev–Trinajstić information content (AvgIpc) is 2.53. The fourth-order valence-corrected chi connectivity index (χ4v) is 1.97. The SMILES string of the molecule is CC1CC(=O)N(c2ccc(C(F)(F)F)cc2N)C1=O. The van der Waals surface area contributed by atoms with E-state index in [1.807, 2.05) is 0 Å². The quantitative estimate of drug-likeness (QED) is 0.629. The number of carbonyl (C=O) groups excluding carboxylic acids is 2. The highest BCUT2D eigenvalue weighted by Crippen LogP contribution is 2.36. The number of nitrogens with two attached hydrogens (primary N) is 1. The molecule has 1 aromatic rings. The maximum Gasteiger partial charge on any atom is 0.416 e. The first kappa shape index (κ1) is 13.4. The van der Waals surface area contributed by atoms with Crippen LogP contribution >= 0.6 is 0 Å². The molecule has 102 valence electrons. The summed E-state index contributed by atoms with van der Waals surface area (Å²) in [5.74, 6) is -1.38. The molecule has 1 saturated heterocycles. The Kier molecular flexibility index (Phi) is 3.00. The van der Waals surface area contributed by atoms with E-state index in [1.54, 1.807) is 6.92 Å². The summed E-state index contributed by atoms with van der Waals surface area (Å²) in [5, 5.41) is 0. The lowest BCUT2D eigenvalue weighted by Gasteiger charge is -2.18. The summed E-state index contributed by atoms with van der Waals surface area (Å²) in [4.78, 5) is 24.3. The van der Waals surface area contributed by atoms with Crippen molar-refractivity contribution >= 4 is 23.2 Å². The van der Waals surface area contributed by atoms with Crippen LogP contribution in [0.4, 0.5) is 24.5 Å². The Hall–Kier alpha value is -2.05. The van der Waals surface area contributed by atoms with Gasteiger partial charge < -0.3 is 5.73 Å². The van der Waals surface area contributed by atoms with Gasteiger partial charge in [-0.15, -0.1) is 0 Å². The lowest BCUT2D eigenvalue weighted by molar-refractivity contribution is -0.137. The predicted molar refractivity (Wildman–Crippen MR) is 62.1 cm³/mol. The van der Waals surface area contributed by atoms with Crippen LogP contribution in [0.1, 0.15) is 18.9 Å². The third-order valence-electron chi connectivity index (χ3n) is 2.97. The van der Waals surface area contributed by atoms with Crippen molar-refractivity contribution in [3.8, 4) is 0 Å². The van der Waals surface area contributed by atoms with Gasteiger partial charge in [0.15, 0.2) is 0 Å². The molecule has 1 aliphatic rings. The van der Waals surface area contributed by atoms with E-state index in [0.29, 0.717) is 0 Å². The Balaban J connectivity index is 2.42. The Morgan fingerprint density at radius 3 is 2.37 bits per heavy atom. The summed E-state index contributed by atoms with van der Waals surface area (Å²) in [5.41, 5.74) is 4.37. The molecule has 0 bridgehead atoms. The lowest BCUT2D eigenvalue weighted by Crippen LogP contribution is -2.30. The number of rotatable bonds is 1. The van der Waals surface area contributed by atoms with Gasteiger partial charge in [-0.25, -0.2) is 4.90 Å². The number of benzene rings is 1. The zero-order chi connectivity index (χ0) is 14.4. The molecule has 19 heavy (non-hydrogen) atoms. The molecular weight excluding hydrogens is 261 g/mol. The molecule has 2 rings (SSSR count). The number of hydrogen-bond acceptors (Lipinski definition) is 3. The standard InChI is InChI=1S/C12H11F3N2O2/c1-6-4-10(18)17(11(6)19)9-3-2-7(5-8(9)16)12(13,14)15/h2-3,5-6H,4,16H2,1H3. The van der Waals surface area contributed by atoms with Gasteiger partial charge in [0, 0.05) is 12.3 Å². The molecule has 1 unspecified atom stereocenters. The van der Waals surface area contributed by atoms with Crippen molar-refractivity contribution in [1.29, 1.82) is 0 Å². The van der Waals surface area contributed by atoms with Crippen LogP contribution < -0.4 is 10.6 Å². The minimum atomic E-state index is -4.51. The maximum absolute atomic E-state index is 12.5. The van der Waals surface area contributed by atoms with E-state index in [9.17, 15) is 22.8 Å². The number of hydrogen-bond donors (Lipinski definition) is 1. The number of carbonyl (C=O) groups is 2. The average molecular weight is 272 g/mol. The van der Waals surface area contributed by atoms with Gasteiger partial charge in [0.25, 0.3) is 0 Å². The van der Waals surface area contributed by atoms with E-state index in [2.05, 4.69) is 0 Å². The molecule has 2 N–H and O–H groups in total. The van der Waals surface area contributed by atoms with Crippen LogP contribution in [0.2, 0.25) is 0 Å². The molecule has 1 aliphatic heterocycles. The topological polar surface area (TPSA) is 63.4 Å². The van der Waals surface area contributed by atoms with Crippen molar-refractivity contribution in [1.82, 2.24) is 0 Å². The second kappa shape index (κ2) is 4.25. The first-order chi connectivity index (χ1) is 8.71. The van der Waals surface area contributed by atoms with Crippen molar-refractivity contribution in [2.45, 2.75) is 19.5 Å². The highest BCUT2D eigenvalue weighted by atomic mass is 19.4. The molecule has 1 fully saturated rings. The largest absolute Gasteiger partial charge is 0.416 e. The van der Waals surface area contributed by atoms with Gasteiger partial charge in [0.2, 0.25) is 11.8 Å². The van der Waals surface area contributed by atoms with Crippen molar-refractivity contribution < 1.29 is 22.8 Å². The van der Waals surface area contributed by atoms with Gasteiger partial charge >= 0.3 is 6.18 Å². The third-order valence-corrected chi connectivity index (χ3v) is 2.97. The number of nitrogens with zero attached hydrogens (tertiary/aromatic N) is 1. The van der Waals surface area contributed by atoms with Gasteiger partial charge in [0.1, 0.15) is 0 Å². The number of anilines is 2. The van der Waals surface area contributed by atoms with Crippen LogP contribution in [-0.4, -0.2) is 11.8 Å². The molecule has 1 heterocycles. The van der Waals surface area contributed by atoms with E-state index < -0.39 is 29.5 Å². The highest BCUT2D eigenvalue weighted by molar-refractivity contribution is 6.22. The second-order valence-electron chi connectivity index (χ2n) is 4.44. The number of imide groups is 1. The van der Waals surface area contributed by atoms with Crippen molar-refractivity contribution in [3.63, 3.8) is 0 Å². The van der Waals surface area contributed by atoms with Crippen LogP contribution in [0.3, 0.4) is 0 Å². The Morgan fingerprint density at radius 2 is 1.95 bits per heavy atom. The molecule has 0 saturated carbocycles. The fourth-order valence-electron chi connectivity index (χ4n) is 1.97. The van der Waals surface area contributed by atoms with E-state index >= 15 is 0 Å². The van der Waals surface area contributed by atoms with Crippen molar-refractivity contribution in [3.05, 3.63) is 23.8 Å². The summed E-state index contributed by atoms with van der Waals surface area (Å²) < 4.78 is 37.5. The summed E-state index contributed by atoms with van der Waals surface area (Å²) >= 11 is 0. The second-order valence-corrected chi connectivity index (χ2v) is 4.44. The number of nitrogen functional groups attached to an aromatic ring is 1. The molecule has 4 nitrogen and oxygen atoms in total. The zero-order valence-corrected chi connectivity index (χ0v) is 9.99. The van der Waals surface area contributed by atoms with Crippen LogP contribution in [0.25, 0.3) is 0 Å². The molecular formula is C12H11F3N2O2. The third kappa shape index (κ3) is 2.27. The summed E-state index contributed by atoms with van der Waals surface area (Å²) in [6.07, 6.45) is -4.47. The number of alkyl halides is 3. The normalized spacial score (nSPS) is 20.2. The molecule has 1 aromatic carbocycles. The molecule has 0 spiro atoms. The molecule has 7 heteroatoms. The first-order valence-electron chi connectivity index (χ1n) is 5.55. The summed E-state index contributed by atoms with van der Waals surface area (Å²) in [6.45, 7) is 1.58. The van der Waals surface area contributed by atoms with Gasteiger partial charge in [-0.2, -0.15) is 13.2 Å². The molecule has 1 atom stereocenters. The van der Waals surface area contributed by atoms with E-state index in [4.69, 9.17) is 5.73 Å². The predicted octanol–water partition coefficient (Wildman–Crippen LogP) is 2.19. The highest BCUT2D eigenvalue weighted by Gasteiger charge is 2.38. The van der Waals surface area contributed by atoms with Crippen LogP contribution in [0.15, 0.2) is 18.2 Å². The molecule has 0 aliphatic carbocycles. The van der Waals surface area contributed by atoms with Gasteiger partial charge in [0.05, 0.1) is 16.9 Å². The zero-order valence-electron chi connectivity index (χ0n) is 9.99. The van der Waals surface area contributed by atoms with Gasteiger partial charge in [-0.3, -0.25) is 9.59 Å². The Bertz CT molecular complexity index is 554. The van der Waals surface area contributed by atoms with Gasteiger partial charge in [-0.05, 0) is 18.2 Å². The number of halogens is 3. The number of amides is 2. The smallest absolute Gasteiger partial charge is 0.397 e. The van der Waals surface area contributed by atoms with Crippen LogP contribution in [0, 0.1) is 5.92 Å². The monoisotopic (exact) mass is 272 g/mol. The van der Waals surface area contributed by atoms with E-state index in [-0.39, 0.29) is 17.8 Å². The lowest BCUT2D eigenvalue weighted by atomic mass is 10.1. The summed E-state index contributed by atoms with van der Waals surface area (Å²) in [6, 6.07) is 2.57. The molecule has 2 amide bonds. The van der Waals surface area contributed by atoms with Gasteiger partial charge in [-0.1, -0.05) is 6.92 Å². The fraction of sp³-hybridized carbons (Fsp3) is 0.333.